The summed E-state index contributed by atoms with van der Waals surface area (Å²) < 4.78 is 34.4. The highest BCUT2D eigenvalue weighted by Crippen LogP contribution is 2.33. The summed E-state index contributed by atoms with van der Waals surface area (Å²) in [6.45, 7) is 1.57. The monoisotopic (exact) mass is 1520 g/mol. The largest absolute Gasteiger partial charge is 0.394 e. The van der Waals surface area contributed by atoms with Crippen LogP contribution in [0.5, 0.6) is 0 Å². The van der Waals surface area contributed by atoms with Gasteiger partial charge in [-0.15, -0.1) is 0 Å². The predicted molar refractivity (Wildman–Crippen MR) is 433 cm³/mol. The summed E-state index contributed by atoms with van der Waals surface area (Å²) in [5, 5.41) is 121. The summed E-state index contributed by atoms with van der Waals surface area (Å²) in [5.74, 6) is -0.327. The molecule has 3 saturated heterocycles. The van der Waals surface area contributed by atoms with Crippen molar-refractivity contribution in [3.05, 3.63) is 170 Å². The molecular formula is C89H145NO18. The van der Waals surface area contributed by atoms with E-state index in [0.717, 1.165) is 116 Å². The van der Waals surface area contributed by atoms with Crippen LogP contribution in [0.4, 0.5) is 0 Å². The molecule has 0 saturated carbocycles. The van der Waals surface area contributed by atoms with Crippen LogP contribution in [0.2, 0.25) is 0 Å². The number of nitrogens with one attached hydrogen (secondary N) is 1. The van der Waals surface area contributed by atoms with Gasteiger partial charge in [0, 0.05) is 6.42 Å². The van der Waals surface area contributed by atoms with Crippen LogP contribution in [0.3, 0.4) is 0 Å². The van der Waals surface area contributed by atoms with Gasteiger partial charge in [-0.25, -0.2) is 0 Å². The Hall–Kier alpha value is -4.85. The number of carbonyl (C=O) groups excluding carboxylic acids is 1. The van der Waals surface area contributed by atoms with Crippen molar-refractivity contribution < 1.29 is 89.4 Å². The van der Waals surface area contributed by atoms with Crippen molar-refractivity contribution in [1.29, 1.82) is 0 Å². The summed E-state index contributed by atoms with van der Waals surface area (Å²) >= 11 is 0. The van der Waals surface area contributed by atoms with Gasteiger partial charge in [-0.1, -0.05) is 287 Å². The van der Waals surface area contributed by atoms with Crippen LogP contribution in [0.15, 0.2) is 170 Å². The second-order valence-corrected chi connectivity index (χ2v) is 28.5. The van der Waals surface area contributed by atoms with E-state index in [9.17, 15) is 61.0 Å². The smallest absolute Gasteiger partial charge is 0.220 e. The molecule has 0 aromatic carbocycles. The molecule has 17 unspecified atom stereocenters. The number of unbranched alkanes of at least 4 members (excludes halogenated alkanes) is 21. The van der Waals surface area contributed by atoms with Crippen molar-refractivity contribution in [2.45, 2.75) is 356 Å². The molecule has 19 nitrogen and oxygen atoms in total. The molecule has 108 heavy (non-hydrogen) atoms. The lowest BCUT2D eigenvalue weighted by Crippen LogP contribution is -2.66. The maximum Gasteiger partial charge on any atom is 0.220 e. The Morgan fingerprint density at radius 3 is 1.04 bits per heavy atom. The summed E-state index contributed by atoms with van der Waals surface area (Å²) in [6.07, 6.45) is 73.4. The first kappa shape index (κ1) is 97.3. The van der Waals surface area contributed by atoms with E-state index < -0.39 is 131 Å². The average Bonchev–Trinajstić information content (AvgIpc) is 0.779. The second-order valence-electron chi connectivity index (χ2n) is 28.5. The van der Waals surface area contributed by atoms with E-state index in [-0.39, 0.29) is 12.3 Å². The zero-order valence-corrected chi connectivity index (χ0v) is 65.7. The van der Waals surface area contributed by atoms with Gasteiger partial charge in [-0.3, -0.25) is 4.79 Å². The first-order valence-corrected chi connectivity index (χ1v) is 41.4. The number of allylic oxidation sites excluding steroid dienone is 27. The summed E-state index contributed by atoms with van der Waals surface area (Å²) in [6, 6.07) is -1.03. The highest BCUT2D eigenvalue weighted by Gasteiger charge is 2.54. The van der Waals surface area contributed by atoms with Crippen LogP contribution < -0.4 is 5.32 Å². The lowest BCUT2D eigenvalue weighted by atomic mass is 9.96. The maximum absolute atomic E-state index is 13.5. The van der Waals surface area contributed by atoms with Crippen molar-refractivity contribution in [2.75, 3.05) is 26.4 Å². The van der Waals surface area contributed by atoms with Gasteiger partial charge in [0.25, 0.3) is 0 Å². The van der Waals surface area contributed by atoms with E-state index in [1.807, 2.05) is 6.08 Å². The zero-order valence-electron chi connectivity index (χ0n) is 65.7. The predicted octanol–water partition coefficient (Wildman–Crippen LogP) is 14.6. The number of hydrogen-bond donors (Lipinski definition) is 12. The fraction of sp³-hybridized carbons (Fsp3) is 0.674. The lowest BCUT2D eigenvalue weighted by Gasteiger charge is -2.48. The Balaban J connectivity index is 1.41. The van der Waals surface area contributed by atoms with Gasteiger partial charge in [-0.2, -0.15) is 0 Å². The topological polar surface area (TPSA) is 307 Å². The standard InChI is InChI=1S/C89H145NO18/c1-3-5-7-9-11-13-15-17-19-21-23-25-27-29-31-32-33-34-35-36-37-38-39-40-41-43-45-47-49-51-53-55-57-59-61-63-65-67-77(95)90-72(73(94)66-64-62-60-58-56-54-52-50-48-46-44-42-30-28-26-24-22-20-18-16-14-12-10-8-6-4-2)71-103-87-83(101)80(98)85(75(69-92)105-87)108-89-84(102)81(99)86(76(70-93)106-89)107-88-82(100)79(97)78(96)74(68-91)104-88/h5,7,11,13,17,19,23,25,29,31,33-34,36-37,39-40,43,45,48-51,55-58,64,66,72-76,78-89,91-94,96-102H,3-4,6,8-10,12,14-16,18,20-22,24,26-28,30,32,35,38,41-42,44,46-47,52-54,59-63,65,67-71H2,1-2H3,(H,90,95)/b7-5-,13-11-,19-17-,25-23-,31-29-,34-33-,37-36-,40-39-,45-43-,50-48+,51-49-,57-55-,58-56+,66-64+. The molecule has 3 heterocycles. The van der Waals surface area contributed by atoms with E-state index in [0.29, 0.717) is 12.8 Å². The van der Waals surface area contributed by atoms with Gasteiger partial charge < -0.3 is 89.9 Å². The summed E-state index contributed by atoms with van der Waals surface area (Å²) in [5.41, 5.74) is 0. The number of carbonyl (C=O) groups is 1. The van der Waals surface area contributed by atoms with E-state index in [1.165, 1.54) is 103 Å². The maximum atomic E-state index is 13.5. The quantitative estimate of drug-likeness (QED) is 0.0199. The Labute approximate surface area is 649 Å². The highest BCUT2D eigenvalue weighted by molar-refractivity contribution is 5.76. The molecule has 19 heteroatoms. The Morgan fingerprint density at radius 2 is 0.648 bits per heavy atom. The molecule has 0 aliphatic carbocycles. The van der Waals surface area contributed by atoms with Gasteiger partial charge in [0.2, 0.25) is 5.91 Å². The lowest BCUT2D eigenvalue weighted by molar-refractivity contribution is -0.379. The first-order chi connectivity index (χ1) is 52.8. The number of amides is 1. The number of rotatable bonds is 63. The third-order valence-electron chi connectivity index (χ3n) is 19.2. The number of hydrogen-bond acceptors (Lipinski definition) is 18. The Bertz CT molecular complexity index is 2620. The molecule has 3 rings (SSSR count). The van der Waals surface area contributed by atoms with Crippen LogP contribution >= 0.6 is 0 Å². The molecule has 0 spiro atoms. The normalized spacial score (nSPS) is 26.3. The molecule has 0 aromatic heterocycles. The number of aliphatic hydroxyl groups is 11. The van der Waals surface area contributed by atoms with Gasteiger partial charge in [-0.05, 0) is 128 Å². The summed E-state index contributed by atoms with van der Waals surface area (Å²) in [4.78, 5) is 13.5. The third kappa shape index (κ3) is 45.6. The highest BCUT2D eigenvalue weighted by atomic mass is 16.8. The molecule has 17 atom stereocenters. The van der Waals surface area contributed by atoms with Gasteiger partial charge in [0.15, 0.2) is 18.9 Å². The minimum Gasteiger partial charge on any atom is -0.394 e. The first-order valence-electron chi connectivity index (χ1n) is 41.4. The van der Waals surface area contributed by atoms with Crippen LogP contribution in [0.25, 0.3) is 0 Å². The third-order valence-corrected chi connectivity index (χ3v) is 19.2. The second kappa shape index (κ2) is 66.7. The number of ether oxygens (including phenoxy) is 6. The van der Waals surface area contributed by atoms with Crippen molar-refractivity contribution in [2.24, 2.45) is 0 Å². The molecular weight excluding hydrogens is 1370 g/mol. The van der Waals surface area contributed by atoms with Crippen LogP contribution in [-0.4, -0.2) is 193 Å². The van der Waals surface area contributed by atoms with Crippen LogP contribution in [0, 0.1) is 0 Å². The van der Waals surface area contributed by atoms with E-state index in [2.05, 4.69) is 177 Å². The van der Waals surface area contributed by atoms with E-state index >= 15 is 0 Å². The van der Waals surface area contributed by atoms with Crippen molar-refractivity contribution >= 4 is 5.91 Å². The molecule has 0 bridgehead atoms. The minimum atomic E-state index is -2.00. The fourth-order valence-corrected chi connectivity index (χ4v) is 12.6. The van der Waals surface area contributed by atoms with Crippen molar-refractivity contribution in [1.82, 2.24) is 5.32 Å². The molecule has 0 aromatic rings. The van der Waals surface area contributed by atoms with Crippen LogP contribution in [-0.2, 0) is 33.2 Å². The Kier molecular flexibility index (Phi) is 60.1. The molecule has 12 N–H and O–H groups in total. The fourth-order valence-electron chi connectivity index (χ4n) is 12.6. The van der Waals surface area contributed by atoms with Crippen LogP contribution in [0.1, 0.15) is 251 Å². The average molecular weight is 1520 g/mol. The van der Waals surface area contributed by atoms with Crippen molar-refractivity contribution in [3.63, 3.8) is 0 Å². The van der Waals surface area contributed by atoms with E-state index in [1.54, 1.807) is 6.08 Å². The number of aliphatic hydroxyl groups excluding tert-OH is 11. The molecule has 3 aliphatic rings. The SMILES string of the molecule is CC/C=C\C/C=C\C/C=C\C/C=C\C/C=C\C/C=C\C/C=C\C/C=C\C/C=C\C/C=C\C/C=C\CCCCCC(=O)NC(COC1OC(CO)C(OC2OC(CO)C(OC3OC(CO)C(O)C(O)C3O)C(O)C2O)C(O)C1O)C(O)/C=C/CC/C=C/CC/C=C/CCCCCCCCCCCCCCCCCC. The molecule has 3 aliphatic heterocycles. The zero-order chi connectivity index (χ0) is 78.1. The molecule has 1 amide bonds. The molecule has 614 valence electrons. The van der Waals surface area contributed by atoms with Gasteiger partial charge in [0.05, 0.1) is 38.6 Å². The van der Waals surface area contributed by atoms with Gasteiger partial charge >= 0.3 is 0 Å². The summed E-state index contributed by atoms with van der Waals surface area (Å²) in [7, 11) is 0. The van der Waals surface area contributed by atoms with Gasteiger partial charge in [0.1, 0.15) is 73.2 Å². The molecule has 0 radical (unpaired) electrons. The van der Waals surface area contributed by atoms with Crippen molar-refractivity contribution in [3.8, 4) is 0 Å². The Morgan fingerprint density at radius 1 is 0.343 bits per heavy atom. The van der Waals surface area contributed by atoms with E-state index in [4.69, 9.17) is 28.4 Å². The molecule has 3 fully saturated rings. The minimum absolute atomic E-state index is 0.180.